The van der Waals surface area contributed by atoms with Gasteiger partial charge in [-0.25, -0.2) is 4.79 Å². The summed E-state index contributed by atoms with van der Waals surface area (Å²) in [5.41, 5.74) is 3.46. The molecule has 2 aromatic rings. The molecular weight excluding hydrogens is 330 g/mol. The van der Waals surface area contributed by atoms with E-state index in [-0.39, 0.29) is 18.6 Å². The predicted molar refractivity (Wildman–Crippen MR) is 99.1 cm³/mol. The number of nitrogens with zero attached hydrogens (tertiary/aromatic N) is 1. The summed E-state index contributed by atoms with van der Waals surface area (Å²) in [6.07, 6.45) is 0.983. The molecule has 136 valence electrons. The van der Waals surface area contributed by atoms with Gasteiger partial charge in [-0.3, -0.25) is 4.79 Å². The zero-order valence-corrected chi connectivity index (χ0v) is 15.1. The zero-order valence-electron chi connectivity index (χ0n) is 15.1. The molecule has 0 radical (unpaired) electrons. The Morgan fingerprint density at radius 2 is 1.81 bits per heavy atom. The summed E-state index contributed by atoms with van der Waals surface area (Å²) in [4.78, 5) is 26.2. The van der Waals surface area contributed by atoms with Crippen molar-refractivity contribution in [2.24, 2.45) is 0 Å². The Bertz CT molecular complexity index is 783. The van der Waals surface area contributed by atoms with Crippen LogP contribution in [0.4, 0.5) is 5.69 Å². The van der Waals surface area contributed by atoms with Gasteiger partial charge < -0.3 is 14.4 Å². The summed E-state index contributed by atoms with van der Waals surface area (Å²) in [5, 5.41) is 0. The molecule has 1 aliphatic rings. The third-order valence-corrected chi connectivity index (χ3v) is 4.29. The smallest absolute Gasteiger partial charge is 0.338 e. The van der Waals surface area contributed by atoms with Gasteiger partial charge in [0.1, 0.15) is 0 Å². The van der Waals surface area contributed by atoms with E-state index in [1.54, 1.807) is 17.0 Å². The van der Waals surface area contributed by atoms with Crippen LogP contribution in [0, 0.1) is 0 Å². The summed E-state index contributed by atoms with van der Waals surface area (Å²) >= 11 is 0. The molecule has 0 aromatic heterocycles. The van der Waals surface area contributed by atoms with Gasteiger partial charge in [-0.05, 0) is 49.6 Å². The Balaban J connectivity index is 1.53. The van der Waals surface area contributed by atoms with Gasteiger partial charge in [0.2, 0.25) is 0 Å². The third kappa shape index (κ3) is 4.29. The second kappa shape index (κ2) is 8.15. The number of anilines is 1. The van der Waals surface area contributed by atoms with Crippen LogP contribution in [-0.4, -0.2) is 31.1 Å². The molecule has 1 amide bonds. The molecule has 2 aromatic carbocycles. The third-order valence-electron chi connectivity index (χ3n) is 4.29. The van der Waals surface area contributed by atoms with Crippen molar-refractivity contribution in [2.75, 3.05) is 18.1 Å². The summed E-state index contributed by atoms with van der Waals surface area (Å²) in [5.74, 6) is -0.701. The van der Waals surface area contributed by atoms with Gasteiger partial charge in [0, 0.05) is 12.2 Å². The first kappa shape index (κ1) is 18.1. The van der Waals surface area contributed by atoms with Crippen LogP contribution in [-0.2, 0) is 27.3 Å². The van der Waals surface area contributed by atoms with Crippen molar-refractivity contribution in [3.63, 3.8) is 0 Å². The summed E-state index contributed by atoms with van der Waals surface area (Å²) in [7, 11) is 0. The monoisotopic (exact) mass is 353 g/mol. The van der Waals surface area contributed by atoms with Crippen molar-refractivity contribution in [3.05, 3.63) is 65.2 Å². The molecule has 0 fully saturated rings. The van der Waals surface area contributed by atoms with E-state index in [1.165, 1.54) is 0 Å². The van der Waals surface area contributed by atoms with Crippen LogP contribution in [0.1, 0.15) is 35.3 Å². The normalized spacial score (nSPS) is 13.0. The molecule has 0 unspecified atom stereocenters. The highest BCUT2D eigenvalue weighted by Crippen LogP contribution is 2.27. The SMILES string of the molecule is CC(C)OCc1ccc(C(=O)OCC(=O)N2CCc3ccccc32)cc1. The van der Waals surface area contributed by atoms with Crippen LogP contribution in [0.2, 0.25) is 0 Å². The van der Waals surface area contributed by atoms with E-state index in [1.807, 2.05) is 50.2 Å². The molecule has 0 atom stereocenters. The van der Waals surface area contributed by atoms with Crippen molar-refractivity contribution in [1.82, 2.24) is 0 Å². The maximum absolute atomic E-state index is 12.4. The highest BCUT2D eigenvalue weighted by Gasteiger charge is 2.25. The van der Waals surface area contributed by atoms with Crippen LogP contribution >= 0.6 is 0 Å². The molecule has 0 saturated heterocycles. The van der Waals surface area contributed by atoms with E-state index >= 15 is 0 Å². The molecule has 1 aliphatic heterocycles. The topological polar surface area (TPSA) is 55.8 Å². The van der Waals surface area contributed by atoms with E-state index in [2.05, 4.69) is 0 Å². The number of rotatable bonds is 6. The minimum Gasteiger partial charge on any atom is -0.452 e. The van der Waals surface area contributed by atoms with Crippen LogP contribution in [0.25, 0.3) is 0 Å². The van der Waals surface area contributed by atoms with E-state index < -0.39 is 5.97 Å². The van der Waals surface area contributed by atoms with Gasteiger partial charge in [-0.1, -0.05) is 30.3 Å². The number of ether oxygens (including phenoxy) is 2. The lowest BCUT2D eigenvalue weighted by molar-refractivity contribution is -0.121. The Labute approximate surface area is 153 Å². The fourth-order valence-electron chi connectivity index (χ4n) is 2.89. The summed E-state index contributed by atoms with van der Waals surface area (Å²) in [6.45, 7) is 4.81. The number of para-hydroxylation sites is 1. The predicted octanol–water partition coefficient (Wildman–Crippen LogP) is 3.36. The quantitative estimate of drug-likeness (QED) is 0.747. The lowest BCUT2D eigenvalue weighted by Crippen LogP contribution is -2.33. The number of amides is 1. The number of hydrogen-bond donors (Lipinski definition) is 0. The van der Waals surface area contributed by atoms with Crippen LogP contribution in [0.5, 0.6) is 0 Å². The molecule has 1 heterocycles. The van der Waals surface area contributed by atoms with E-state index in [0.29, 0.717) is 18.7 Å². The molecule has 26 heavy (non-hydrogen) atoms. The number of esters is 1. The number of fused-ring (bicyclic) bond motifs is 1. The minimum atomic E-state index is -0.498. The van der Waals surface area contributed by atoms with Gasteiger partial charge in [0.15, 0.2) is 6.61 Å². The highest BCUT2D eigenvalue weighted by molar-refractivity contribution is 5.98. The molecule has 5 heteroatoms. The average molecular weight is 353 g/mol. The van der Waals surface area contributed by atoms with Crippen molar-refractivity contribution >= 4 is 17.6 Å². The van der Waals surface area contributed by atoms with E-state index in [4.69, 9.17) is 9.47 Å². The number of carbonyl (C=O) groups excluding carboxylic acids is 2. The second-order valence-electron chi connectivity index (χ2n) is 6.56. The molecule has 5 nitrogen and oxygen atoms in total. The molecule has 0 bridgehead atoms. The molecule has 0 aliphatic carbocycles. The molecule has 0 spiro atoms. The molecule has 0 N–H and O–H groups in total. The first-order valence-corrected chi connectivity index (χ1v) is 8.80. The maximum atomic E-state index is 12.4. The minimum absolute atomic E-state index is 0.154. The van der Waals surface area contributed by atoms with Gasteiger partial charge >= 0.3 is 5.97 Å². The van der Waals surface area contributed by atoms with Gasteiger partial charge in [0.05, 0.1) is 18.3 Å². The Morgan fingerprint density at radius 3 is 2.54 bits per heavy atom. The first-order valence-electron chi connectivity index (χ1n) is 8.80. The molecule has 0 saturated carbocycles. The highest BCUT2D eigenvalue weighted by atomic mass is 16.5. The van der Waals surface area contributed by atoms with Gasteiger partial charge in [0.25, 0.3) is 5.91 Å². The molecular formula is C21H23NO4. The summed E-state index contributed by atoms with van der Waals surface area (Å²) < 4.78 is 10.7. The largest absolute Gasteiger partial charge is 0.452 e. The number of hydrogen-bond acceptors (Lipinski definition) is 4. The van der Waals surface area contributed by atoms with E-state index in [0.717, 1.165) is 23.2 Å². The van der Waals surface area contributed by atoms with Crippen molar-refractivity contribution < 1.29 is 19.1 Å². The number of carbonyl (C=O) groups is 2. The van der Waals surface area contributed by atoms with Crippen molar-refractivity contribution in [3.8, 4) is 0 Å². The van der Waals surface area contributed by atoms with E-state index in [9.17, 15) is 9.59 Å². The van der Waals surface area contributed by atoms with Gasteiger partial charge in [-0.15, -0.1) is 0 Å². The standard InChI is InChI=1S/C21H23NO4/c1-15(2)25-13-16-7-9-18(10-8-16)21(24)26-14-20(23)22-12-11-17-5-3-4-6-19(17)22/h3-10,15H,11-14H2,1-2H3. The zero-order chi connectivity index (χ0) is 18.5. The molecule has 3 rings (SSSR count). The van der Waals surface area contributed by atoms with Crippen LogP contribution in [0.3, 0.4) is 0 Å². The first-order chi connectivity index (χ1) is 12.5. The average Bonchev–Trinajstić information content (AvgIpc) is 3.09. The summed E-state index contributed by atoms with van der Waals surface area (Å²) in [6, 6.07) is 14.8. The van der Waals surface area contributed by atoms with Crippen molar-refractivity contribution in [2.45, 2.75) is 33.0 Å². The Hall–Kier alpha value is -2.66. The number of benzene rings is 2. The van der Waals surface area contributed by atoms with Crippen molar-refractivity contribution in [1.29, 1.82) is 0 Å². The van der Waals surface area contributed by atoms with Crippen LogP contribution < -0.4 is 4.90 Å². The van der Waals surface area contributed by atoms with Gasteiger partial charge in [-0.2, -0.15) is 0 Å². The Morgan fingerprint density at radius 1 is 1.08 bits per heavy atom. The maximum Gasteiger partial charge on any atom is 0.338 e. The van der Waals surface area contributed by atoms with Crippen LogP contribution in [0.15, 0.2) is 48.5 Å². The lowest BCUT2D eigenvalue weighted by atomic mass is 10.1. The fourth-order valence-corrected chi connectivity index (χ4v) is 2.89. The lowest BCUT2D eigenvalue weighted by Gasteiger charge is -2.17. The fraction of sp³-hybridized carbons (Fsp3) is 0.333. The second-order valence-corrected chi connectivity index (χ2v) is 6.56. The Kier molecular flexibility index (Phi) is 5.68.